The van der Waals surface area contributed by atoms with Crippen LogP contribution in [-0.2, 0) is 4.79 Å². The van der Waals surface area contributed by atoms with E-state index in [9.17, 15) is 4.79 Å². The van der Waals surface area contributed by atoms with E-state index >= 15 is 0 Å². The SMILES string of the molecule is [C-]#[N+]c1ccc(N2C(=O)C(C)(C)N(CCCOc3ccc(-c4ccccc4)cc3Cl)C2=S)cc1Cl. The van der Waals surface area contributed by atoms with Crippen molar-refractivity contribution in [3.05, 3.63) is 88.2 Å². The average Bonchev–Trinajstić information content (AvgIpc) is 3.01. The van der Waals surface area contributed by atoms with Gasteiger partial charge in [-0.1, -0.05) is 65.7 Å². The summed E-state index contributed by atoms with van der Waals surface area (Å²) < 4.78 is 5.92. The molecule has 0 aromatic heterocycles. The molecular formula is C27H23Cl2N3O2S. The molecule has 0 saturated carbocycles. The van der Waals surface area contributed by atoms with E-state index in [2.05, 4.69) is 4.85 Å². The van der Waals surface area contributed by atoms with Gasteiger partial charge < -0.3 is 9.64 Å². The normalized spacial score (nSPS) is 14.8. The second-order valence-electron chi connectivity index (χ2n) is 8.59. The summed E-state index contributed by atoms with van der Waals surface area (Å²) in [5.41, 5.74) is 2.17. The van der Waals surface area contributed by atoms with Crippen LogP contribution in [0.15, 0.2) is 66.7 Å². The van der Waals surface area contributed by atoms with Crippen LogP contribution in [0, 0.1) is 6.57 Å². The van der Waals surface area contributed by atoms with E-state index in [-0.39, 0.29) is 10.9 Å². The van der Waals surface area contributed by atoms with Crippen molar-refractivity contribution in [1.82, 2.24) is 4.90 Å². The van der Waals surface area contributed by atoms with Crippen LogP contribution >= 0.6 is 35.4 Å². The highest BCUT2D eigenvalue weighted by Crippen LogP contribution is 2.36. The number of carbonyl (C=O) groups excluding carboxylic acids is 1. The van der Waals surface area contributed by atoms with Crippen molar-refractivity contribution in [1.29, 1.82) is 0 Å². The molecule has 1 heterocycles. The second kappa shape index (κ2) is 10.2. The molecule has 0 N–H and O–H groups in total. The van der Waals surface area contributed by atoms with E-state index in [1.165, 1.54) is 4.90 Å². The van der Waals surface area contributed by atoms with Crippen molar-refractivity contribution in [2.45, 2.75) is 25.8 Å². The number of halogens is 2. The lowest BCUT2D eigenvalue weighted by molar-refractivity contribution is -0.123. The van der Waals surface area contributed by atoms with Gasteiger partial charge in [0.15, 0.2) is 5.11 Å². The molecule has 1 amide bonds. The van der Waals surface area contributed by atoms with Gasteiger partial charge in [-0.15, -0.1) is 0 Å². The molecule has 0 radical (unpaired) electrons. The van der Waals surface area contributed by atoms with Crippen LogP contribution in [0.4, 0.5) is 11.4 Å². The number of anilines is 1. The lowest BCUT2D eigenvalue weighted by Crippen LogP contribution is -2.44. The third kappa shape index (κ3) is 4.99. The predicted octanol–water partition coefficient (Wildman–Crippen LogP) is 7.39. The van der Waals surface area contributed by atoms with Crippen LogP contribution in [0.3, 0.4) is 0 Å². The Kier molecular flexibility index (Phi) is 7.32. The van der Waals surface area contributed by atoms with Crippen molar-refractivity contribution >= 4 is 57.8 Å². The van der Waals surface area contributed by atoms with Gasteiger partial charge in [0.2, 0.25) is 5.69 Å². The van der Waals surface area contributed by atoms with Crippen molar-refractivity contribution in [2.75, 3.05) is 18.1 Å². The Balaban J connectivity index is 1.40. The van der Waals surface area contributed by atoms with Gasteiger partial charge in [0.05, 0.1) is 23.9 Å². The molecule has 1 fully saturated rings. The molecule has 3 aromatic rings. The van der Waals surface area contributed by atoms with Gasteiger partial charge in [-0.3, -0.25) is 9.69 Å². The number of rotatable bonds is 7. The minimum atomic E-state index is -0.822. The first kappa shape index (κ1) is 25.0. The molecule has 4 rings (SSSR count). The van der Waals surface area contributed by atoms with Crippen molar-refractivity contribution in [3.63, 3.8) is 0 Å². The second-order valence-corrected chi connectivity index (χ2v) is 9.77. The maximum absolute atomic E-state index is 13.2. The van der Waals surface area contributed by atoms with Gasteiger partial charge in [0.25, 0.3) is 5.91 Å². The van der Waals surface area contributed by atoms with E-state index in [0.29, 0.717) is 46.8 Å². The van der Waals surface area contributed by atoms with Crippen LogP contribution in [0.1, 0.15) is 20.3 Å². The molecular weight excluding hydrogens is 501 g/mol. The van der Waals surface area contributed by atoms with E-state index in [1.807, 2.05) is 67.3 Å². The molecule has 0 bridgehead atoms. The summed E-state index contributed by atoms with van der Waals surface area (Å²) in [5.74, 6) is 0.469. The first-order valence-electron chi connectivity index (χ1n) is 11.0. The third-order valence-electron chi connectivity index (χ3n) is 5.96. The number of hydrogen-bond acceptors (Lipinski definition) is 3. The van der Waals surface area contributed by atoms with E-state index < -0.39 is 5.54 Å². The minimum absolute atomic E-state index is 0.144. The van der Waals surface area contributed by atoms with E-state index in [0.717, 1.165) is 11.1 Å². The first-order valence-corrected chi connectivity index (χ1v) is 12.2. The summed E-state index contributed by atoms with van der Waals surface area (Å²) in [6.45, 7) is 11.8. The molecule has 1 aliphatic heterocycles. The summed E-state index contributed by atoms with van der Waals surface area (Å²) in [5, 5.41) is 1.23. The topological polar surface area (TPSA) is 37.1 Å². The summed E-state index contributed by atoms with van der Waals surface area (Å²) in [4.78, 5) is 19.9. The zero-order chi connectivity index (χ0) is 25.2. The van der Waals surface area contributed by atoms with Crippen LogP contribution < -0.4 is 9.64 Å². The molecule has 178 valence electrons. The maximum atomic E-state index is 13.2. The molecule has 1 saturated heterocycles. The fourth-order valence-electron chi connectivity index (χ4n) is 4.00. The van der Waals surface area contributed by atoms with Crippen molar-refractivity contribution in [3.8, 4) is 16.9 Å². The lowest BCUT2D eigenvalue weighted by atomic mass is 10.0. The maximum Gasteiger partial charge on any atom is 0.258 e. The fourth-order valence-corrected chi connectivity index (χ4v) is 4.96. The van der Waals surface area contributed by atoms with Crippen LogP contribution in [0.2, 0.25) is 10.0 Å². The summed E-state index contributed by atoms with van der Waals surface area (Å²) >= 11 is 18.3. The molecule has 1 aliphatic rings. The summed E-state index contributed by atoms with van der Waals surface area (Å²) in [6.07, 6.45) is 0.638. The van der Waals surface area contributed by atoms with Crippen molar-refractivity contribution < 1.29 is 9.53 Å². The standard InChI is InChI=1S/C27H23Cl2N3O2S/c1-27(2)25(33)32(20-11-12-23(30-3)21(28)17-20)26(35)31(27)14-7-15-34-24-13-10-19(16-22(24)29)18-8-5-4-6-9-18/h4-6,8-13,16-17H,7,14-15H2,1-2H3. The predicted molar refractivity (Wildman–Crippen MR) is 146 cm³/mol. The Morgan fingerprint density at radius 3 is 2.40 bits per heavy atom. The Morgan fingerprint density at radius 1 is 1.00 bits per heavy atom. The zero-order valence-corrected chi connectivity index (χ0v) is 21.6. The van der Waals surface area contributed by atoms with Gasteiger partial charge in [-0.25, -0.2) is 4.85 Å². The number of nitrogens with zero attached hydrogens (tertiary/aromatic N) is 3. The highest BCUT2D eigenvalue weighted by Gasteiger charge is 2.49. The number of benzene rings is 3. The largest absolute Gasteiger partial charge is 0.492 e. The Labute approximate surface area is 220 Å². The number of hydrogen-bond donors (Lipinski definition) is 0. The van der Waals surface area contributed by atoms with Gasteiger partial charge in [0.1, 0.15) is 11.3 Å². The van der Waals surface area contributed by atoms with E-state index in [4.69, 9.17) is 46.7 Å². The van der Waals surface area contributed by atoms with Crippen LogP contribution in [0.25, 0.3) is 16.0 Å². The van der Waals surface area contributed by atoms with Crippen molar-refractivity contribution in [2.24, 2.45) is 0 Å². The quantitative estimate of drug-likeness (QED) is 0.184. The zero-order valence-electron chi connectivity index (χ0n) is 19.3. The summed E-state index contributed by atoms with van der Waals surface area (Å²) in [6, 6.07) is 20.6. The Hall–Kier alpha value is -3.11. The average molecular weight is 524 g/mol. The summed E-state index contributed by atoms with van der Waals surface area (Å²) in [7, 11) is 0. The van der Waals surface area contributed by atoms with Crippen LogP contribution in [-0.4, -0.2) is 34.6 Å². The first-order chi connectivity index (χ1) is 16.7. The third-order valence-corrected chi connectivity index (χ3v) is 6.96. The van der Waals surface area contributed by atoms with Gasteiger partial charge >= 0.3 is 0 Å². The fraction of sp³-hybridized carbons (Fsp3) is 0.222. The molecule has 5 nitrogen and oxygen atoms in total. The highest BCUT2D eigenvalue weighted by molar-refractivity contribution is 7.80. The highest BCUT2D eigenvalue weighted by atomic mass is 35.5. The Morgan fingerprint density at radius 2 is 1.74 bits per heavy atom. The number of amides is 1. The van der Waals surface area contributed by atoms with Crippen LogP contribution in [0.5, 0.6) is 5.75 Å². The van der Waals surface area contributed by atoms with Gasteiger partial charge in [0, 0.05) is 11.6 Å². The minimum Gasteiger partial charge on any atom is -0.492 e. The molecule has 0 atom stereocenters. The lowest BCUT2D eigenvalue weighted by Gasteiger charge is -2.29. The molecule has 0 spiro atoms. The molecule has 0 aliphatic carbocycles. The van der Waals surface area contributed by atoms with Gasteiger partial charge in [-0.05, 0) is 67.9 Å². The van der Waals surface area contributed by atoms with Gasteiger partial charge in [-0.2, -0.15) is 0 Å². The molecule has 3 aromatic carbocycles. The van der Waals surface area contributed by atoms with E-state index in [1.54, 1.807) is 18.2 Å². The molecule has 0 unspecified atom stereocenters. The molecule has 35 heavy (non-hydrogen) atoms. The number of thiocarbonyl (C=S) groups is 1. The Bertz CT molecular complexity index is 1320. The number of carbonyl (C=O) groups is 1. The monoisotopic (exact) mass is 523 g/mol. The number of ether oxygens (including phenoxy) is 1. The molecule has 8 heteroatoms. The smallest absolute Gasteiger partial charge is 0.258 e.